The van der Waals surface area contributed by atoms with Crippen LogP contribution in [0.1, 0.15) is 11.1 Å². The molecule has 0 aromatic heterocycles. The molecule has 0 saturated carbocycles. The topological polar surface area (TPSA) is 66.5 Å². The minimum Gasteiger partial charge on any atom is -0.325 e. The monoisotopic (exact) mass is 366 g/mol. The van der Waals surface area contributed by atoms with Crippen LogP contribution in [0.5, 0.6) is 0 Å². The van der Waals surface area contributed by atoms with Crippen molar-refractivity contribution < 1.29 is 13.2 Å². The number of benzene rings is 2. The molecule has 0 fully saturated rings. The van der Waals surface area contributed by atoms with Crippen LogP contribution < -0.4 is 9.62 Å². The van der Waals surface area contributed by atoms with Crippen LogP contribution in [0, 0.1) is 13.8 Å². The summed E-state index contributed by atoms with van der Waals surface area (Å²) in [7, 11) is -3.68. The van der Waals surface area contributed by atoms with E-state index in [4.69, 9.17) is 11.6 Å². The zero-order valence-corrected chi connectivity index (χ0v) is 15.3. The maximum atomic E-state index is 12.3. The Morgan fingerprint density at radius 1 is 1.17 bits per heavy atom. The van der Waals surface area contributed by atoms with Crippen LogP contribution in [-0.4, -0.2) is 27.1 Å². The summed E-state index contributed by atoms with van der Waals surface area (Å²) in [6, 6.07) is 12.4. The van der Waals surface area contributed by atoms with Crippen LogP contribution in [0.15, 0.2) is 42.5 Å². The van der Waals surface area contributed by atoms with Crippen LogP contribution >= 0.6 is 11.6 Å². The summed E-state index contributed by atoms with van der Waals surface area (Å²) >= 11 is 6.24. The first-order chi connectivity index (χ1) is 11.2. The van der Waals surface area contributed by atoms with E-state index < -0.39 is 15.9 Å². The molecule has 2 aromatic carbocycles. The van der Waals surface area contributed by atoms with E-state index in [2.05, 4.69) is 5.32 Å². The van der Waals surface area contributed by atoms with Gasteiger partial charge in [-0.15, -0.1) is 0 Å². The lowest BCUT2D eigenvalue weighted by atomic mass is 10.1. The molecule has 1 N–H and O–H groups in total. The van der Waals surface area contributed by atoms with E-state index in [1.807, 2.05) is 19.1 Å². The molecule has 2 aromatic rings. The van der Waals surface area contributed by atoms with Gasteiger partial charge in [-0.2, -0.15) is 0 Å². The zero-order valence-electron chi connectivity index (χ0n) is 13.7. The van der Waals surface area contributed by atoms with E-state index >= 15 is 0 Å². The molecule has 0 aliphatic heterocycles. The average Bonchev–Trinajstić information content (AvgIpc) is 2.45. The first-order valence-electron chi connectivity index (χ1n) is 7.28. The quantitative estimate of drug-likeness (QED) is 0.882. The number of nitrogens with one attached hydrogen (secondary N) is 1. The fourth-order valence-corrected chi connectivity index (χ4v) is 3.84. The number of halogens is 1. The van der Waals surface area contributed by atoms with Crippen LogP contribution in [0.4, 0.5) is 11.4 Å². The third-order valence-corrected chi connectivity index (χ3v) is 4.79. The first kappa shape index (κ1) is 18.3. The molecule has 24 heavy (non-hydrogen) atoms. The number of carbonyl (C=O) groups is 1. The summed E-state index contributed by atoms with van der Waals surface area (Å²) in [6.07, 6.45) is 1.05. The predicted molar refractivity (Wildman–Crippen MR) is 98.2 cm³/mol. The maximum absolute atomic E-state index is 12.3. The number of hydrogen-bond acceptors (Lipinski definition) is 3. The van der Waals surface area contributed by atoms with Crippen molar-refractivity contribution in [1.29, 1.82) is 0 Å². The Bertz CT molecular complexity index is 828. The van der Waals surface area contributed by atoms with Crippen molar-refractivity contribution >= 4 is 38.9 Å². The van der Waals surface area contributed by atoms with Crippen molar-refractivity contribution in [2.45, 2.75) is 13.8 Å². The van der Waals surface area contributed by atoms with Crippen LogP contribution in [-0.2, 0) is 14.8 Å². The number of anilines is 2. The largest absolute Gasteiger partial charge is 0.325 e. The van der Waals surface area contributed by atoms with Crippen molar-refractivity contribution in [3.8, 4) is 0 Å². The number of nitrogens with zero attached hydrogens (tertiary/aromatic N) is 1. The molecule has 5 nitrogen and oxygen atoms in total. The second-order valence-electron chi connectivity index (χ2n) is 5.60. The molecule has 0 radical (unpaired) electrons. The summed E-state index contributed by atoms with van der Waals surface area (Å²) in [5, 5.41) is 2.97. The van der Waals surface area contributed by atoms with Gasteiger partial charge in [0, 0.05) is 5.69 Å². The molecule has 0 saturated heterocycles. The molecular weight excluding hydrogens is 348 g/mol. The van der Waals surface area contributed by atoms with Crippen molar-refractivity contribution in [3.63, 3.8) is 0 Å². The fraction of sp³-hybridized carbons (Fsp3) is 0.235. The number of rotatable bonds is 5. The number of para-hydroxylation sites is 1. The van der Waals surface area contributed by atoms with Gasteiger partial charge in [-0.3, -0.25) is 9.10 Å². The molecule has 7 heteroatoms. The van der Waals surface area contributed by atoms with E-state index in [0.717, 1.165) is 16.1 Å². The maximum Gasteiger partial charge on any atom is 0.245 e. The van der Waals surface area contributed by atoms with Gasteiger partial charge in [-0.25, -0.2) is 8.42 Å². The summed E-state index contributed by atoms with van der Waals surface area (Å²) in [5.74, 6) is -0.442. The molecule has 0 aliphatic rings. The number of hydrogen-bond donors (Lipinski definition) is 1. The van der Waals surface area contributed by atoms with Crippen molar-refractivity contribution in [1.82, 2.24) is 0 Å². The summed E-state index contributed by atoms with van der Waals surface area (Å²) in [6.45, 7) is 3.29. The number of aryl methyl sites for hydroxylation is 2. The van der Waals surface area contributed by atoms with Crippen LogP contribution in [0.25, 0.3) is 0 Å². The van der Waals surface area contributed by atoms with E-state index in [1.54, 1.807) is 37.3 Å². The number of amides is 1. The van der Waals surface area contributed by atoms with Gasteiger partial charge < -0.3 is 5.32 Å². The Morgan fingerprint density at radius 2 is 1.79 bits per heavy atom. The molecule has 128 valence electrons. The van der Waals surface area contributed by atoms with Gasteiger partial charge in [0.25, 0.3) is 0 Å². The zero-order chi connectivity index (χ0) is 17.9. The van der Waals surface area contributed by atoms with Gasteiger partial charge in [0.15, 0.2) is 0 Å². The average molecular weight is 367 g/mol. The Kier molecular flexibility index (Phi) is 5.51. The van der Waals surface area contributed by atoms with E-state index in [9.17, 15) is 13.2 Å². The van der Waals surface area contributed by atoms with Crippen LogP contribution in [0.2, 0.25) is 5.02 Å². The van der Waals surface area contributed by atoms with Gasteiger partial charge in [-0.05, 0) is 43.2 Å². The highest BCUT2D eigenvalue weighted by Crippen LogP contribution is 2.32. The Labute approximate surface area is 147 Å². The Morgan fingerprint density at radius 3 is 2.33 bits per heavy atom. The number of sulfonamides is 1. The van der Waals surface area contributed by atoms with E-state index in [1.165, 1.54) is 0 Å². The molecule has 0 unspecified atom stereocenters. The third kappa shape index (κ3) is 4.49. The van der Waals surface area contributed by atoms with E-state index in [-0.39, 0.29) is 6.54 Å². The highest BCUT2D eigenvalue weighted by atomic mass is 35.5. The first-order valence-corrected chi connectivity index (χ1v) is 9.50. The minimum atomic E-state index is -3.68. The Hall–Kier alpha value is -2.05. The molecule has 0 aliphatic carbocycles. The SMILES string of the molecule is Cc1cc(C)c(N(CC(=O)Nc2ccccc2)S(C)(=O)=O)c(Cl)c1. The normalized spacial score (nSPS) is 11.2. The highest BCUT2D eigenvalue weighted by Gasteiger charge is 2.24. The van der Waals surface area contributed by atoms with Gasteiger partial charge in [-0.1, -0.05) is 35.9 Å². The Balaban J connectivity index is 2.33. The lowest BCUT2D eigenvalue weighted by molar-refractivity contribution is -0.114. The molecule has 2 rings (SSSR count). The molecule has 0 atom stereocenters. The molecular formula is C17H19ClN2O3S. The van der Waals surface area contributed by atoms with Gasteiger partial charge in [0.2, 0.25) is 15.9 Å². The van der Waals surface area contributed by atoms with Gasteiger partial charge in [0.1, 0.15) is 6.54 Å². The second kappa shape index (κ2) is 7.23. The molecule has 0 spiro atoms. The third-order valence-electron chi connectivity index (χ3n) is 3.39. The van der Waals surface area contributed by atoms with E-state index in [0.29, 0.717) is 22.0 Å². The number of carbonyl (C=O) groups excluding carboxylic acids is 1. The van der Waals surface area contributed by atoms with Crippen molar-refractivity contribution in [2.75, 3.05) is 22.4 Å². The fourth-order valence-electron chi connectivity index (χ4n) is 2.44. The second-order valence-corrected chi connectivity index (χ2v) is 7.91. The smallest absolute Gasteiger partial charge is 0.245 e. The lowest BCUT2D eigenvalue weighted by Gasteiger charge is -2.25. The van der Waals surface area contributed by atoms with Crippen molar-refractivity contribution in [2.24, 2.45) is 0 Å². The van der Waals surface area contributed by atoms with Gasteiger partial charge >= 0.3 is 0 Å². The molecule has 0 heterocycles. The standard InChI is InChI=1S/C17H19ClN2O3S/c1-12-9-13(2)17(15(18)10-12)20(24(3,22)23)11-16(21)19-14-7-5-4-6-8-14/h4-10H,11H2,1-3H3,(H,19,21). The lowest BCUT2D eigenvalue weighted by Crippen LogP contribution is -2.38. The van der Waals surface area contributed by atoms with Crippen molar-refractivity contribution in [3.05, 3.63) is 58.6 Å². The summed E-state index contributed by atoms with van der Waals surface area (Å²) in [4.78, 5) is 12.3. The molecule has 0 bridgehead atoms. The minimum absolute atomic E-state index is 0.297. The molecule has 1 amide bonds. The van der Waals surface area contributed by atoms with Crippen LogP contribution in [0.3, 0.4) is 0 Å². The van der Waals surface area contributed by atoms with Gasteiger partial charge in [0.05, 0.1) is 17.0 Å². The summed E-state index contributed by atoms with van der Waals surface area (Å²) < 4.78 is 25.4. The highest BCUT2D eigenvalue weighted by molar-refractivity contribution is 7.92. The predicted octanol–water partition coefficient (Wildman–Crippen LogP) is 3.36. The summed E-state index contributed by atoms with van der Waals surface area (Å²) in [5.41, 5.74) is 2.54.